The number of hydrogen-bond donors (Lipinski definition) is 5. The van der Waals surface area contributed by atoms with Crippen molar-refractivity contribution in [3.05, 3.63) is 0 Å². The maximum absolute atomic E-state index is 13.2. The third-order valence-electron chi connectivity index (χ3n) is 8.08. The number of rotatable bonds is 24. The van der Waals surface area contributed by atoms with Crippen LogP contribution in [0.25, 0.3) is 0 Å². The van der Waals surface area contributed by atoms with Gasteiger partial charge in [-0.25, -0.2) is 4.79 Å². The highest BCUT2D eigenvalue weighted by Crippen LogP contribution is 2.23. The van der Waals surface area contributed by atoms with E-state index in [-0.39, 0.29) is 6.03 Å². The van der Waals surface area contributed by atoms with Gasteiger partial charge in [0.05, 0.1) is 12.6 Å². The number of carbonyl (C=O) groups is 1. The Hall–Kier alpha value is -0.930. The summed E-state index contributed by atoms with van der Waals surface area (Å²) < 4.78 is 5.84. The molecule has 8 heteroatoms. The number of aliphatic hydroxyl groups is 3. The summed E-state index contributed by atoms with van der Waals surface area (Å²) in [6, 6.07) is -1.21. The van der Waals surface area contributed by atoms with Crippen LogP contribution in [-0.2, 0) is 4.74 Å². The van der Waals surface area contributed by atoms with Gasteiger partial charge in [0.2, 0.25) is 0 Å². The summed E-state index contributed by atoms with van der Waals surface area (Å²) in [5.74, 6) is 0. The SMILES string of the molecule is CCCCCCCCCCCCNC(=O)N(CCCCCCCCCCCC)[C@@H]1O[C@H](CO)[C@@H](O)[C@H](O)[C@@H]1N. The lowest BCUT2D eigenvalue weighted by atomic mass is 9.96. The number of amides is 2. The van der Waals surface area contributed by atoms with E-state index in [1.54, 1.807) is 4.90 Å². The number of nitrogens with zero attached hydrogens (tertiary/aromatic N) is 1. The standard InChI is InChI=1S/C31H63N3O5/c1-3-5-7-9-11-13-15-17-19-21-23-33-31(38)34(24-22-20-18-16-14-12-10-8-6-4-2)30-27(32)29(37)28(36)26(25-35)39-30/h26-30,35-37H,3-25,32H2,1-2H3,(H,33,38)/t26-,27+,28-,29-,30-/m1/s1. The molecular weight excluding hydrogens is 494 g/mol. The summed E-state index contributed by atoms with van der Waals surface area (Å²) in [5.41, 5.74) is 6.21. The van der Waals surface area contributed by atoms with Crippen LogP contribution in [0.5, 0.6) is 0 Å². The summed E-state index contributed by atoms with van der Waals surface area (Å²) in [7, 11) is 0. The van der Waals surface area contributed by atoms with Gasteiger partial charge in [0.15, 0.2) is 6.23 Å². The normalized spacial score (nSPS) is 23.2. The highest BCUT2D eigenvalue weighted by molar-refractivity contribution is 5.74. The second-order valence-corrected chi connectivity index (χ2v) is 11.6. The van der Waals surface area contributed by atoms with E-state index in [0.717, 1.165) is 32.1 Å². The smallest absolute Gasteiger partial charge is 0.319 e. The number of urea groups is 1. The van der Waals surface area contributed by atoms with E-state index in [1.165, 1.54) is 96.3 Å². The Morgan fingerprint density at radius 2 is 1.15 bits per heavy atom. The Bertz CT molecular complexity index is 580. The Morgan fingerprint density at radius 3 is 1.62 bits per heavy atom. The molecule has 0 spiro atoms. The zero-order valence-corrected chi connectivity index (χ0v) is 25.3. The average Bonchev–Trinajstić information content (AvgIpc) is 2.94. The van der Waals surface area contributed by atoms with Gasteiger partial charge in [0.1, 0.15) is 18.3 Å². The molecule has 1 saturated heterocycles. The number of nitrogens with two attached hydrogens (primary N) is 1. The summed E-state index contributed by atoms with van der Waals surface area (Å²) in [4.78, 5) is 14.8. The van der Waals surface area contributed by atoms with Crippen LogP contribution in [0.15, 0.2) is 0 Å². The highest BCUT2D eigenvalue weighted by atomic mass is 16.5. The molecule has 6 N–H and O–H groups in total. The number of aliphatic hydroxyl groups excluding tert-OH is 3. The summed E-state index contributed by atoms with van der Waals surface area (Å²) >= 11 is 0. The van der Waals surface area contributed by atoms with Crippen molar-refractivity contribution in [3.8, 4) is 0 Å². The van der Waals surface area contributed by atoms with Crippen molar-refractivity contribution in [2.45, 2.75) is 173 Å². The van der Waals surface area contributed by atoms with Crippen LogP contribution in [-0.4, -0.2) is 76.5 Å². The molecule has 1 fully saturated rings. The minimum atomic E-state index is -1.28. The second kappa shape index (κ2) is 23.7. The lowest BCUT2D eigenvalue weighted by Crippen LogP contribution is -2.67. The molecule has 0 saturated carbocycles. The quantitative estimate of drug-likeness (QED) is 0.0982. The van der Waals surface area contributed by atoms with E-state index in [0.29, 0.717) is 13.1 Å². The molecule has 1 rings (SSSR count). The number of nitrogens with one attached hydrogen (secondary N) is 1. The number of carbonyl (C=O) groups excluding carboxylic acids is 1. The summed E-state index contributed by atoms with van der Waals surface area (Å²) in [6.45, 7) is 5.07. The van der Waals surface area contributed by atoms with Gasteiger partial charge < -0.3 is 31.1 Å². The van der Waals surface area contributed by atoms with E-state index in [4.69, 9.17) is 10.5 Å². The zero-order chi connectivity index (χ0) is 28.7. The summed E-state index contributed by atoms with van der Waals surface area (Å²) in [6.07, 6.45) is 19.9. The van der Waals surface area contributed by atoms with E-state index < -0.39 is 37.2 Å². The number of ether oxygens (including phenoxy) is 1. The second-order valence-electron chi connectivity index (χ2n) is 11.6. The van der Waals surface area contributed by atoms with Gasteiger partial charge in [-0.15, -0.1) is 0 Å². The predicted octanol–water partition coefficient (Wildman–Crippen LogP) is 5.61. The van der Waals surface area contributed by atoms with Gasteiger partial charge in [-0.3, -0.25) is 4.90 Å². The highest BCUT2D eigenvalue weighted by Gasteiger charge is 2.45. The van der Waals surface area contributed by atoms with Crippen LogP contribution in [0.4, 0.5) is 4.79 Å². The van der Waals surface area contributed by atoms with Crippen molar-refractivity contribution in [1.29, 1.82) is 0 Å². The first-order valence-corrected chi connectivity index (χ1v) is 16.4. The Kier molecular flexibility index (Phi) is 22.0. The molecule has 1 heterocycles. The molecule has 0 bridgehead atoms. The molecule has 0 unspecified atom stereocenters. The fourth-order valence-corrected chi connectivity index (χ4v) is 5.42. The molecule has 39 heavy (non-hydrogen) atoms. The fraction of sp³-hybridized carbons (Fsp3) is 0.968. The molecule has 1 aliphatic rings. The zero-order valence-electron chi connectivity index (χ0n) is 25.3. The first kappa shape index (κ1) is 36.1. The minimum absolute atomic E-state index is 0.262. The molecule has 0 aromatic rings. The van der Waals surface area contributed by atoms with Gasteiger partial charge in [-0.2, -0.15) is 0 Å². The fourth-order valence-electron chi connectivity index (χ4n) is 5.42. The number of unbranched alkanes of at least 4 members (excludes halogenated alkanes) is 18. The molecule has 1 aliphatic heterocycles. The molecule has 8 nitrogen and oxygen atoms in total. The molecule has 232 valence electrons. The molecular formula is C31H63N3O5. The van der Waals surface area contributed by atoms with Crippen molar-refractivity contribution in [2.75, 3.05) is 19.7 Å². The van der Waals surface area contributed by atoms with Crippen LogP contribution < -0.4 is 11.1 Å². The Balaban J connectivity index is 2.44. The van der Waals surface area contributed by atoms with Crippen molar-refractivity contribution in [1.82, 2.24) is 10.2 Å². The van der Waals surface area contributed by atoms with Crippen molar-refractivity contribution in [2.24, 2.45) is 5.73 Å². The minimum Gasteiger partial charge on any atom is -0.394 e. The van der Waals surface area contributed by atoms with Crippen molar-refractivity contribution < 1.29 is 24.9 Å². The van der Waals surface area contributed by atoms with Crippen LogP contribution in [0.3, 0.4) is 0 Å². The number of hydrogen-bond acceptors (Lipinski definition) is 6. The largest absolute Gasteiger partial charge is 0.394 e. The van der Waals surface area contributed by atoms with Crippen LogP contribution in [0.1, 0.15) is 142 Å². The Labute approximate surface area is 239 Å². The topological polar surface area (TPSA) is 128 Å². The van der Waals surface area contributed by atoms with Crippen molar-refractivity contribution >= 4 is 6.03 Å². The van der Waals surface area contributed by atoms with Crippen LogP contribution in [0.2, 0.25) is 0 Å². The molecule has 0 aromatic heterocycles. The van der Waals surface area contributed by atoms with E-state index in [9.17, 15) is 20.1 Å². The van der Waals surface area contributed by atoms with Gasteiger partial charge in [-0.05, 0) is 12.8 Å². The summed E-state index contributed by atoms with van der Waals surface area (Å²) in [5, 5.41) is 33.3. The lowest BCUT2D eigenvalue weighted by molar-refractivity contribution is -0.218. The Morgan fingerprint density at radius 1 is 0.718 bits per heavy atom. The maximum atomic E-state index is 13.2. The lowest BCUT2D eigenvalue weighted by Gasteiger charge is -2.45. The van der Waals surface area contributed by atoms with Crippen LogP contribution >= 0.6 is 0 Å². The van der Waals surface area contributed by atoms with Gasteiger partial charge in [0.25, 0.3) is 0 Å². The molecule has 0 aliphatic carbocycles. The third kappa shape index (κ3) is 15.6. The van der Waals surface area contributed by atoms with Crippen LogP contribution in [0, 0.1) is 0 Å². The first-order valence-electron chi connectivity index (χ1n) is 16.4. The first-order chi connectivity index (χ1) is 19.0. The molecule has 5 atom stereocenters. The monoisotopic (exact) mass is 557 g/mol. The van der Waals surface area contributed by atoms with Gasteiger partial charge in [0, 0.05) is 13.1 Å². The van der Waals surface area contributed by atoms with Gasteiger partial charge >= 0.3 is 6.03 Å². The van der Waals surface area contributed by atoms with E-state index in [2.05, 4.69) is 19.2 Å². The van der Waals surface area contributed by atoms with Crippen molar-refractivity contribution in [3.63, 3.8) is 0 Å². The van der Waals surface area contributed by atoms with E-state index in [1.807, 2.05) is 0 Å². The predicted molar refractivity (Wildman–Crippen MR) is 160 cm³/mol. The van der Waals surface area contributed by atoms with E-state index >= 15 is 0 Å². The third-order valence-corrected chi connectivity index (χ3v) is 8.08. The molecule has 0 aromatic carbocycles. The molecule has 0 radical (unpaired) electrons. The maximum Gasteiger partial charge on any atom is 0.319 e. The average molecular weight is 558 g/mol. The van der Waals surface area contributed by atoms with Gasteiger partial charge in [-0.1, -0.05) is 129 Å². The molecule has 2 amide bonds.